The molecule has 0 aliphatic heterocycles. The molecule has 2 aromatic rings. The summed E-state index contributed by atoms with van der Waals surface area (Å²) >= 11 is 0. The van der Waals surface area contributed by atoms with Crippen molar-refractivity contribution in [1.29, 1.82) is 0 Å². The maximum Gasteiger partial charge on any atom is 0.160 e. The molecule has 0 bridgehead atoms. The Kier molecular flexibility index (Phi) is 7.04. The van der Waals surface area contributed by atoms with Gasteiger partial charge < -0.3 is 0 Å². The van der Waals surface area contributed by atoms with Crippen molar-refractivity contribution in [2.45, 2.75) is 64.2 Å². The first-order valence-corrected chi connectivity index (χ1v) is 10.2. The van der Waals surface area contributed by atoms with Gasteiger partial charge in [0.2, 0.25) is 0 Å². The van der Waals surface area contributed by atoms with Gasteiger partial charge in [-0.15, -0.1) is 0 Å². The van der Waals surface area contributed by atoms with Crippen LogP contribution in [0, 0.1) is 29.4 Å². The summed E-state index contributed by atoms with van der Waals surface area (Å²) < 4.78 is 26.2. The van der Waals surface area contributed by atoms with Gasteiger partial charge in [0, 0.05) is 11.1 Å². The molecule has 1 aliphatic rings. The Morgan fingerprint density at radius 1 is 0.815 bits per heavy atom. The molecule has 142 valence electrons. The first-order chi connectivity index (χ1) is 13.2. The summed E-state index contributed by atoms with van der Waals surface area (Å²) in [5.74, 6) is 5.83. The molecule has 1 aliphatic carbocycles. The molecule has 0 nitrogen and oxygen atoms in total. The van der Waals surface area contributed by atoms with Crippen molar-refractivity contribution in [3.05, 3.63) is 70.8 Å². The second-order valence-electron chi connectivity index (χ2n) is 7.71. The highest BCUT2D eigenvalue weighted by Crippen LogP contribution is 2.37. The summed E-state index contributed by atoms with van der Waals surface area (Å²) in [5, 5.41) is 0. The summed E-state index contributed by atoms with van der Waals surface area (Å²) in [5.41, 5.74) is 2.79. The topological polar surface area (TPSA) is 0 Å². The van der Waals surface area contributed by atoms with E-state index in [1.54, 1.807) is 0 Å². The fraction of sp³-hybridized carbons (Fsp3) is 0.440. The Hall–Kier alpha value is -2.14. The minimum absolute atomic E-state index is 0.486. The third kappa shape index (κ3) is 5.67. The van der Waals surface area contributed by atoms with Crippen molar-refractivity contribution in [1.82, 2.24) is 0 Å². The molecular formula is C25H28F2. The van der Waals surface area contributed by atoms with E-state index >= 15 is 0 Å². The number of benzene rings is 2. The Labute approximate surface area is 162 Å². The highest BCUT2D eigenvalue weighted by Gasteiger charge is 2.21. The number of halogens is 2. The van der Waals surface area contributed by atoms with Gasteiger partial charge in [-0.1, -0.05) is 56.6 Å². The third-order valence-electron chi connectivity index (χ3n) is 5.72. The lowest BCUT2D eigenvalue weighted by Gasteiger charge is -2.29. The molecule has 3 rings (SSSR count). The average molecular weight is 366 g/mol. The molecular weight excluding hydrogens is 338 g/mol. The van der Waals surface area contributed by atoms with E-state index in [-0.39, 0.29) is 0 Å². The van der Waals surface area contributed by atoms with E-state index in [9.17, 15) is 8.78 Å². The van der Waals surface area contributed by atoms with Gasteiger partial charge in [0.15, 0.2) is 11.6 Å². The highest BCUT2D eigenvalue weighted by atomic mass is 19.2. The normalized spacial score (nSPS) is 19.4. The summed E-state index contributed by atoms with van der Waals surface area (Å²) in [7, 11) is 0. The van der Waals surface area contributed by atoms with Gasteiger partial charge in [0.25, 0.3) is 0 Å². The molecule has 0 atom stereocenters. The van der Waals surface area contributed by atoms with Crippen LogP contribution in [-0.4, -0.2) is 0 Å². The van der Waals surface area contributed by atoms with Gasteiger partial charge in [-0.25, -0.2) is 8.78 Å². The van der Waals surface area contributed by atoms with E-state index < -0.39 is 11.6 Å². The van der Waals surface area contributed by atoms with Crippen molar-refractivity contribution in [3.8, 4) is 11.8 Å². The molecule has 2 heteroatoms. The lowest BCUT2D eigenvalue weighted by Crippen LogP contribution is -2.13. The molecule has 27 heavy (non-hydrogen) atoms. The predicted octanol–water partition coefficient (Wildman–Crippen LogP) is 7.22. The fourth-order valence-corrected chi connectivity index (χ4v) is 4.02. The van der Waals surface area contributed by atoms with Crippen LogP contribution >= 0.6 is 0 Å². The molecule has 0 radical (unpaired) electrons. The van der Waals surface area contributed by atoms with Crippen LogP contribution in [-0.2, 0) is 0 Å². The largest absolute Gasteiger partial charge is 0.204 e. The van der Waals surface area contributed by atoms with Crippen molar-refractivity contribution >= 4 is 0 Å². The van der Waals surface area contributed by atoms with E-state index in [1.165, 1.54) is 63.0 Å². The van der Waals surface area contributed by atoms with E-state index in [2.05, 4.69) is 30.9 Å². The number of hydrogen-bond donors (Lipinski definition) is 0. The zero-order valence-corrected chi connectivity index (χ0v) is 16.1. The first kappa shape index (κ1) is 19.6. The summed E-state index contributed by atoms with van der Waals surface area (Å²) in [6.07, 6.45) is 10.7. The second kappa shape index (κ2) is 9.70. The van der Waals surface area contributed by atoms with Crippen LogP contribution in [0.1, 0.15) is 80.9 Å². The van der Waals surface area contributed by atoms with E-state index in [4.69, 9.17) is 0 Å². The molecule has 0 N–H and O–H groups in total. The van der Waals surface area contributed by atoms with E-state index in [0.717, 1.165) is 23.6 Å². The molecule has 0 heterocycles. The Morgan fingerprint density at radius 3 is 2.15 bits per heavy atom. The highest BCUT2D eigenvalue weighted by molar-refractivity contribution is 5.44. The van der Waals surface area contributed by atoms with Crippen molar-refractivity contribution in [2.75, 3.05) is 0 Å². The van der Waals surface area contributed by atoms with Crippen molar-refractivity contribution in [3.63, 3.8) is 0 Å². The van der Waals surface area contributed by atoms with Crippen LogP contribution in [0.15, 0.2) is 42.5 Å². The van der Waals surface area contributed by atoms with Gasteiger partial charge in [0.05, 0.1) is 0 Å². The van der Waals surface area contributed by atoms with Crippen LogP contribution in [0.2, 0.25) is 0 Å². The van der Waals surface area contributed by atoms with E-state index in [1.807, 2.05) is 12.1 Å². The van der Waals surface area contributed by atoms with Gasteiger partial charge >= 0.3 is 0 Å². The lowest BCUT2D eigenvalue weighted by molar-refractivity contribution is 0.303. The van der Waals surface area contributed by atoms with Gasteiger partial charge in [-0.05, 0) is 73.4 Å². The Balaban J connectivity index is 1.55. The van der Waals surface area contributed by atoms with Gasteiger partial charge in [0.1, 0.15) is 0 Å². The predicted molar refractivity (Wildman–Crippen MR) is 108 cm³/mol. The molecule has 1 fully saturated rings. The minimum Gasteiger partial charge on any atom is -0.204 e. The van der Waals surface area contributed by atoms with E-state index in [0.29, 0.717) is 11.5 Å². The van der Waals surface area contributed by atoms with Crippen LogP contribution in [0.25, 0.3) is 0 Å². The maximum absolute atomic E-state index is 13.2. The summed E-state index contributed by atoms with van der Waals surface area (Å²) in [6.45, 7) is 2.27. The van der Waals surface area contributed by atoms with Gasteiger partial charge in [-0.3, -0.25) is 0 Å². The number of rotatable bonds is 5. The molecule has 0 amide bonds. The quantitative estimate of drug-likeness (QED) is 0.387. The monoisotopic (exact) mass is 366 g/mol. The van der Waals surface area contributed by atoms with Crippen LogP contribution in [0.4, 0.5) is 8.78 Å². The van der Waals surface area contributed by atoms with Gasteiger partial charge in [-0.2, -0.15) is 0 Å². The maximum atomic E-state index is 13.2. The second-order valence-corrected chi connectivity index (χ2v) is 7.71. The number of hydrogen-bond acceptors (Lipinski definition) is 0. The Bertz CT molecular complexity index is 787. The molecule has 0 saturated heterocycles. The lowest BCUT2D eigenvalue weighted by atomic mass is 9.77. The molecule has 1 saturated carbocycles. The summed E-state index contributed by atoms with van der Waals surface area (Å²) in [4.78, 5) is 0. The summed E-state index contributed by atoms with van der Waals surface area (Å²) in [6, 6.07) is 12.2. The van der Waals surface area contributed by atoms with Crippen LogP contribution in [0.5, 0.6) is 0 Å². The average Bonchev–Trinajstić information content (AvgIpc) is 2.70. The van der Waals surface area contributed by atoms with Crippen LogP contribution < -0.4 is 0 Å². The standard InChI is InChI=1S/C25H28F2/c1-2-3-4-5-19-8-13-22(14-9-19)23-15-10-20(11-16-23)6-7-21-12-17-24(26)25(27)18-21/h10-12,15-19,22H,2-5,8-9,13-14H2,1H3. The molecule has 0 spiro atoms. The first-order valence-electron chi connectivity index (χ1n) is 10.2. The zero-order chi connectivity index (χ0) is 19.1. The fourth-order valence-electron chi connectivity index (χ4n) is 4.02. The van der Waals surface area contributed by atoms with Crippen LogP contribution in [0.3, 0.4) is 0 Å². The van der Waals surface area contributed by atoms with Crippen molar-refractivity contribution in [2.24, 2.45) is 5.92 Å². The third-order valence-corrected chi connectivity index (χ3v) is 5.72. The molecule has 0 unspecified atom stereocenters. The SMILES string of the molecule is CCCCCC1CCC(c2ccc(C#Cc3ccc(F)c(F)c3)cc2)CC1. The van der Waals surface area contributed by atoms with Crippen molar-refractivity contribution < 1.29 is 8.78 Å². The zero-order valence-electron chi connectivity index (χ0n) is 16.1. The molecule has 0 aromatic heterocycles. The Morgan fingerprint density at radius 2 is 1.48 bits per heavy atom. The number of unbranched alkanes of at least 4 members (excludes halogenated alkanes) is 2. The minimum atomic E-state index is -0.859. The smallest absolute Gasteiger partial charge is 0.160 e. The molecule has 2 aromatic carbocycles.